The molecule has 1 aliphatic rings. The van der Waals surface area contributed by atoms with Gasteiger partial charge in [0, 0.05) is 31.1 Å². The van der Waals surface area contributed by atoms with Crippen molar-refractivity contribution >= 4 is 44.4 Å². The lowest BCUT2D eigenvalue weighted by molar-refractivity contribution is -0.128. The number of carbonyl (C=O) groups is 1. The second-order valence-corrected chi connectivity index (χ2v) is 8.87. The minimum atomic E-state index is 0.222. The highest BCUT2D eigenvalue weighted by Gasteiger charge is 2.23. The first-order chi connectivity index (χ1) is 13.1. The molecule has 140 valence electrons. The van der Waals surface area contributed by atoms with Crippen molar-refractivity contribution in [1.29, 1.82) is 0 Å². The number of hydrogen-bond acceptors (Lipinski definition) is 5. The molecule has 0 aliphatic carbocycles. The van der Waals surface area contributed by atoms with E-state index in [-0.39, 0.29) is 5.91 Å². The van der Waals surface area contributed by atoms with Gasteiger partial charge in [0.15, 0.2) is 5.13 Å². The molecule has 27 heavy (non-hydrogen) atoms. The maximum atomic E-state index is 12.5. The van der Waals surface area contributed by atoms with E-state index in [9.17, 15) is 4.79 Å². The van der Waals surface area contributed by atoms with Crippen LogP contribution in [0.25, 0.3) is 10.2 Å². The molecule has 1 amide bonds. The van der Waals surface area contributed by atoms with E-state index in [1.165, 1.54) is 15.8 Å². The molecule has 2 heterocycles. The average molecular weight is 398 g/mol. The van der Waals surface area contributed by atoms with Crippen molar-refractivity contribution in [3.05, 3.63) is 53.6 Å². The number of thiazole rings is 1. The molecule has 3 aromatic rings. The monoisotopic (exact) mass is 397 g/mol. The number of thioether (sulfide) groups is 1. The number of aryl methyl sites for hydroxylation is 2. The van der Waals surface area contributed by atoms with Crippen LogP contribution in [0.4, 0.5) is 5.13 Å². The smallest absolute Gasteiger partial charge is 0.233 e. The molecule has 1 aromatic heterocycles. The zero-order valence-electron chi connectivity index (χ0n) is 15.6. The van der Waals surface area contributed by atoms with E-state index in [4.69, 9.17) is 4.98 Å². The van der Waals surface area contributed by atoms with Crippen LogP contribution in [-0.2, 0) is 4.79 Å². The van der Waals surface area contributed by atoms with Crippen LogP contribution in [0.1, 0.15) is 11.1 Å². The van der Waals surface area contributed by atoms with Gasteiger partial charge < -0.3 is 9.80 Å². The topological polar surface area (TPSA) is 36.4 Å². The molecule has 6 heteroatoms. The lowest BCUT2D eigenvalue weighted by atomic mass is 10.1. The van der Waals surface area contributed by atoms with Gasteiger partial charge in [0.1, 0.15) is 0 Å². The molecule has 0 unspecified atom stereocenters. The molecule has 1 saturated heterocycles. The predicted octanol–water partition coefficient (Wildman–Crippen LogP) is 4.35. The zero-order valence-corrected chi connectivity index (χ0v) is 17.3. The van der Waals surface area contributed by atoms with Crippen LogP contribution >= 0.6 is 23.1 Å². The normalized spacial score (nSPS) is 14.7. The van der Waals surface area contributed by atoms with Gasteiger partial charge in [0.05, 0.1) is 16.0 Å². The van der Waals surface area contributed by atoms with Crippen molar-refractivity contribution in [1.82, 2.24) is 9.88 Å². The molecular formula is C21H23N3OS2. The summed E-state index contributed by atoms with van der Waals surface area (Å²) in [7, 11) is 0. The third kappa shape index (κ3) is 3.96. The third-order valence-electron chi connectivity index (χ3n) is 4.94. The zero-order chi connectivity index (χ0) is 18.8. The summed E-state index contributed by atoms with van der Waals surface area (Å²) < 4.78 is 1.28. The fourth-order valence-corrected chi connectivity index (χ4v) is 5.27. The molecule has 1 fully saturated rings. The van der Waals surface area contributed by atoms with Crippen molar-refractivity contribution < 1.29 is 4.79 Å². The molecule has 0 N–H and O–H groups in total. The Morgan fingerprint density at radius 3 is 2.44 bits per heavy atom. The highest BCUT2D eigenvalue weighted by Crippen LogP contribution is 2.33. The van der Waals surface area contributed by atoms with Gasteiger partial charge in [0.2, 0.25) is 5.91 Å². The first-order valence-corrected chi connectivity index (χ1v) is 11.0. The summed E-state index contributed by atoms with van der Waals surface area (Å²) in [6, 6.07) is 14.4. The van der Waals surface area contributed by atoms with Gasteiger partial charge in [-0.1, -0.05) is 41.7 Å². The molecule has 0 bridgehead atoms. The van der Waals surface area contributed by atoms with Crippen molar-refractivity contribution in [2.75, 3.05) is 36.8 Å². The molecule has 1 aliphatic heterocycles. The van der Waals surface area contributed by atoms with Crippen LogP contribution in [0, 0.1) is 13.8 Å². The first-order valence-electron chi connectivity index (χ1n) is 9.19. The molecule has 4 rings (SSSR count). The predicted molar refractivity (Wildman–Crippen MR) is 115 cm³/mol. The van der Waals surface area contributed by atoms with Gasteiger partial charge in [-0.25, -0.2) is 4.98 Å². The Morgan fingerprint density at radius 1 is 1.04 bits per heavy atom. The second-order valence-electron chi connectivity index (χ2n) is 6.84. The quantitative estimate of drug-likeness (QED) is 0.613. The number of piperazine rings is 1. The van der Waals surface area contributed by atoms with E-state index in [0.29, 0.717) is 5.75 Å². The SMILES string of the molecule is Cc1ccc(C)c2sc(N3CCN(C(=O)CSc4ccccc4)CC3)nc12. The fraction of sp³-hybridized carbons (Fsp3) is 0.333. The number of anilines is 1. The summed E-state index contributed by atoms with van der Waals surface area (Å²) in [6.45, 7) is 7.49. The maximum absolute atomic E-state index is 12.5. The number of fused-ring (bicyclic) bond motifs is 1. The highest BCUT2D eigenvalue weighted by atomic mass is 32.2. The highest BCUT2D eigenvalue weighted by molar-refractivity contribution is 8.00. The summed E-state index contributed by atoms with van der Waals surface area (Å²) in [5, 5.41) is 1.08. The molecule has 0 atom stereocenters. The summed E-state index contributed by atoms with van der Waals surface area (Å²) in [5.41, 5.74) is 3.63. The summed E-state index contributed by atoms with van der Waals surface area (Å²) in [6.07, 6.45) is 0. The minimum absolute atomic E-state index is 0.222. The van der Waals surface area contributed by atoms with Gasteiger partial charge in [-0.15, -0.1) is 11.8 Å². The molecular weight excluding hydrogens is 374 g/mol. The van der Waals surface area contributed by atoms with Crippen LogP contribution in [0.5, 0.6) is 0 Å². The van der Waals surface area contributed by atoms with E-state index >= 15 is 0 Å². The van der Waals surface area contributed by atoms with Crippen molar-refractivity contribution in [2.45, 2.75) is 18.7 Å². The van der Waals surface area contributed by atoms with Gasteiger partial charge in [-0.05, 0) is 37.1 Å². The number of benzene rings is 2. The lowest BCUT2D eigenvalue weighted by Gasteiger charge is -2.34. The molecule has 0 spiro atoms. The van der Waals surface area contributed by atoms with Crippen molar-refractivity contribution in [3.8, 4) is 0 Å². The number of rotatable bonds is 4. The largest absolute Gasteiger partial charge is 0.345 e. The molecule has 0 radical (unpaired) electrons. The van der Waals surface area contributed by atoms with Crippen molar-refractivity contribution in [2.24, 2.45) is 0 Å². The van der Waals surface area contributed by atoms with Gasteiger partial charge >= 0.3 is 0 Å². The third-order valence-corrected chi connectivity index (χ3v) is 7.19. The number of nitrogens with zero attached hydrogens (tertiary/aromatic N) is 3. The molecule has 2 aromatic carbocycles. The van der Waals surface area contributed by atoms with E-state index in [2.05, 4.69) is 30.9 Å². The molecule has 0 saturated carbocycles. The number of carbonyl (C=O) groups excluding carboxylic acids is 1. The van der Waals surface area contributed by atoms with Gasteiger partial charge in [0.25, 0.3) is 0 Å². The van der Waals surface area contributed by atoms with Crippen LogP contribution in [0.2, 0.25) is 0 Å². The van der Waals surface area contributed by atoms with Gasteiger partial charge in [-0.2, -0.15) is 0 Å². The average Bonchev–Trinajstić information content (AvgIpc) is 3.17. The lowest BCUT2D eigenvalue weighted by Crippen LogP contribution is -2.49. The Hall–Kier alpha value is -2.05. The van der Waals surface area contributed by atoms with E-state index in [1.54, 1.807) is 23.1 Å². The van der Waals surface area contributed by atoms with Crippen molar-refractivity contribution in [3.63, 3.8) is 0 Å². The van der Waals surface area contributed by atoms with Crippen LogP contribution in [0.15, 0.2) is 47.4 Å². The molecule has 4 nitrogen and oxygen atoms in total. The van der Waals surface area contributed by atoms with E-state index in [0.717, 1.165) is 41.7 Å². The van der Waals surface area contributed by atoms with E-state index in [1.807, 2.05) is 35.2 Å². The van der Waals surface area contributed by atoms with E-state index < -0.39 is 0 Å². The van der Waals surface area contributed by atoms with Gasteiger partial charge in [-0.3, -0.25) is 4.79 Å². The Labute approximate surface area is 168 Å². The number of hydrogen-bond donors (Lipinski definition) is 0. The maximum Gasteiger partial charge on any atom is 0.233 e. The van der Waals surface area contributed by atoms with Crippen LogP contribution in [0.3, 0.4) is 0 Å². The first kappa shape index (κ1) is 18.3. The Balaban J connectivity index is 1.37. The van der Waals surface area contributed by atoms with Crippen LogP contribution < -0.4 is 4.90 Å². The standard InChI is InChI=1S/C21H23N3OS2/c1-15-8-9-16(2)20-19(15)22-21(27-20)24-12-10-23(11-13-24)18(25)14-26-17-6-4-3-5-7-17/h3-9H,10-14H2,1-2H3. The Bertz CT molecular complexity index is 908. The summed E-state index contributed by atoms with van der Waals surface area (Å²) in [4.78, 5) is 22.8. The Kier molecular flexibility index (Phi) is 5.36. The summed E-state index contributed by atoms with van der Waals surface area (Å²) in [5.74, 6) is 0.725. The fourth-order valence-electron chi connectivity index (χ4n) is 3.28. The minimum Gasteiger partial charge on any atom is -0.345 e. The van der Waals surface area contributed by atoms with Crippen LogP contribution in [-0.4, -0.2) is 47.7 Å². The Morgan fingerprint density at radius 2 is 1.74 bits per heavy atom. The summed E-state index contributed by atoms with van der Waals surface area (Å²) >= 11 is 3.38. The number of amides is 1. The number of aromatic nitrogens is 1. The second kappa shape index (κ2) is 7.90.